The zero-order chi connectivity index (χ0) is 18.1. The van der Waals surface area contributed by atoms with Gasteiger partial charge >= 0.3 is 11.9 Å². The molecule has 130 valence electrons. The number of carbonyl (C=O) groups excluding carboxylic acids is 3. The van der Waals surface area contributed by atoms with Crippen molar-refractivity contribution in [3.63, 3.8) is 0 Å². The number of aldehydes is 1. The lowest BCUT2D eigenvalue weighted by Crippen LogP contribution is -2.12. The molecule has 0 atom stereocenters. The highest BCUT2D eigenvalue weighted by Gasteiger charge is 2.14. The molecule has 5 heteroatoms. The lowest BCUT2D eigenvalue weighted by Gasteiger charge is -2.08. The molecule has 2 rings (SSSR count). The van der Waals surface area contributed by atoms with E-state index in [0.29, 0.717) is 12.9 Å². The molecule has 0 aliphatic rings. The highest BCUT2D eigenvalue weighted by Crippen LogP contribution is 2.18. The van der Waals surface area contributed by atoms with E-state index in [4.69, 9.17) is 9.47 Å². The maximum absolute atomic E-state index is 12.3. The summed E-state index contributed by atoms with van der Waals surface area (Å²) >= 11 is 0. The average Bonchev–Trinajstić information content (AvgIpc) is 2.65. The van der Waals surface area contributed by atoms with Gasteiger partial charge in [-0.25, -0.2) is 9.59 Å². The molecule has 5 nitrogen and oxygen atoms in total. The SMILES string of the molecule is CCCCCOC(=O)c1cccc(C(=O)Oc2ccccc2C=O)c1. The molecule has 0 amide bonds. The molecule has 0 saturated heterocycles. The molecule has 0 fully saturated rings. The molecule has 0 spiro atoms. The van der Waals surface area contributed by atoms with Crippen molar-refractivity contribution in [2.24, 2.45) is 0 Å². The van der Waals surface area contributed by atoms with Gasteiger partial charge in [-0.05, 0) is 36.8 Å². The van der Waals surface area contributed by atoms with Crippen LogP contribution in [0, 0.1) is 0 Å². The number of carbonyl (C=O) groups is 3. The highest BCUT2D eigenvalue weighted by atomic mass is 16.5. The van der Waals surface area contributed by atoms with Crippen LogP contribution in [0.1, 0.15) is 57.3 Å². The van der Waals surface area contributed by atoms with Crippen LogP contribution in [-0.2, 0) is 4.74 Å². The maximum Gasteiger partial charge on any atom is 0.343 e. The zero-order valence-corrected chi connectivity index (χ0v) is 14.1. The first-order valence-corrected chi connectivity index (χ1v) is 8.19. The lowest BCUT2D eigenvalue weighted by molar-refractivity contribution is 0.0498. The monoisotopic (exact) mass is 340 g/mol. The Hall–Kier alpha value is -2.95. The van der Waals surface area contributed by atoms with Crippen LogP contribution >= 0.6 is 0 Å². The minimum absolute atomic E-state index is 0.176. The van der Waals surface area contributed by atoms with Crippen LogP contribution in [0.25, 0.3) is 0 Å². The van der Waals surface area contributed by atoms with E-state index < -0.39 is 11.9 Å². The van der Waals surface area contributed by atoms with Gasteiger partial charge < -0.3 is 9.47 Å². The number of esters is 2. The normalized spacial score (nSPS) is 10.1. The van der Waals surface area contributed by atoms with Crippen LogP contribution in [-0.4, -0.2) is 24.8 Å². The van der Waals surface area contributed by atoms with E-state index in [1.165, 1.54) is 12.1 Å². The Labute approximate surface area is 146 Å². The van der Waals surface area contributed by atoms with Gasteiger partial charge in [0.2, 0.25) is 0 Å². The maximum atomic E-state index is 12.3. The Bertz CT molecular complexity index is 751. The van der Waals surface area contributed by atoms with Gasteiger partial charge in [-0.1, -0.05) is 38.0 Å². The second kappa shape index (κ2) is 9.37. The van der Waals surface area contributed by atoms with Gasteiger partial charge in [0.15, 0.2) is 6.29 Å². The first-order chi connectivity index (χ1) is 12.2. The minimum atomic E-state index is -0.644. The molecular weight excluding hydrogens is 320 g/mol. The number of hydrogen-bond donors (Lipinski definition) is 0. The van der Waals surface area contributed by atoms with E-state index in [-0.39, 0.29) is 22.4 Å². The zero-order valence-electron chi connectivity index (χ0n) is 14.1. The summed E-state index contributed by atoms with van der Waals surface area (Å²) < 4.78 is 10.4. The Kier molecular flexibility index (Phi) is 6.89. The van der Waals surface area contributed by atoms with Crippen molar-refractivity contribution in [2.45, 2.75) is 26.2 Å². The van der Waals surface area contributed by atoms with Crippen molar-refractivity contribution in [1.82, 2.24) is 0 Å². The summed E-state index contributed by atoms with van der Waals surface area (Å²) in [6, 6.07) is 12.6. The van der Waals surface area contributed by atoms with E-state index in [9.17, 15) is 14.4 Å². The smallest absolute Gasteiger partial charge is 0.343 e. The molecule has 2 aromatic rings. The lowest BCUT2D eigenvalue weighted by atomic mass is 10.1. The molecule has 0 aliphatic heterocycles. The van der Waals surface area contributed by atoms with Crippen molar-refractivity contribution in [2.75, 3.05) is 6.61 Å². The van der Waals surface area contributed by atoms with Gasteiger partial charge in [-0.3, -0.25) is 4.79 Å². The second-order valence-electron chi connectivity index (χ2n) is 5.47. The number of hydrogen-bond acceptors (Lipinski definition) is 5. The Balaban J connectivity index is 2.06. The van der Waals surface area contributed by atoms with Crippen LogP contribution in [0.2, 0.25) is 0 Å². The van der Waals surface area contributed by atoms with E-state index in [1.54, 1.807) is 36.4 Å². The first-order valence-electron chi connectivity index (χ1n) is 8.19. The fourth-order valence-corrected chi connectivity index (χ4v) is 2.20. The molecule has 2 aromatic carbocycles. The third-order valence-electron chi connectivity index (χ3n) is 3.56. The summed E-state index contributed by atoms with van der Waals surface area (Å²) in [5.74, 6) is -0.941. The molecule has 0 N–H and O–H groups in total. The number of unbranched alkanes of at least 4 members (excludes halogenated alkanes) is 2. The predicted molar refractivity (Wildman–Crippen MR) is 93.0 cm³/mol. The van der Waals surface area contributed by atoms with Crippen molar-refractivity contribution >= 4 is 18.2 Å². The Morgan fingerprint density at radius 1 is 0.960 bits per heavy atom. The Morgan fingerprint density at radius 2 is 1.68 bits per heavy atom. The molecule has 0 heterocycles. The molecule has 0 aromatic heterocycles. The van der Waals surface area contributed by atoms with Gasteiger partial charge in [0.25, 0.3) is 0 Å². The summed E-state index contributed by atoms with van der Waals surface area (Å²) in [5.41, 5.74) is 0.778. The van der Waals surface area contributed by atoms with E-state index >= 15 is 0 Å². The summed E-state index contributed by atoms with van der Waals surface area (Å²) in [7, 11) is 0. The van der Waals surface area contributed by atoms with Crippen LogP contribution in [0.4, 0.5) is 0 Å². The summed E-state index contributed by atoms with van der Waals surface area (Å²) in [6.07, 6.45) is 3.47. The molecular formula is C20H20O5. The van der Waals surface area contributed by atoms with Crippen molar-refractivity contribution in [1.29, 1.82) is 0 Å². The summed E-state index contributed by atoms with van der Waals surface area (Å²) in [6.45, 7) is 2.42. The summed E-state index contributed by atoms with van der Waals surface area (Å²) in [4.78, 5) is 35.3. The van der Waals surface area contributed by atoms with Gasteiger partial charge in [-0.2, -0.15) is 0 Å². The molecule has 0 aliphatic carbocycles. The molecule has 0 radical (unpaired) electrons. The Morgan fingerprint density at radius 3 is 2.40 bits per heavy atom. The van der Waals surface area contributed by atoms with Gasteiger partial charge in [0, 0.05) is 0 Å². The quantitative estimate of drug-likeness (QED) is 0.314. The van der Waals surface area contributed by atoms with Crippen molar-refractivity contribution in [3.8, 4) is 5.75 Å². The first kappa shape index (κ1) is 18.4. The van der Waals surface area contributed by atoms with E-state index in [0.717, 1.165) is 19.3 Å². The number of para-hydroxylation sites is 1. The second-order valence-corrected chi connectivity index (χ2v) is 5.47. The van der Waals surface area contributed by atoms with Crippen LogP contribution in [0.3, 0.4) is 0 Å². The predicted octanol–water partition coefficient (Wildman–Crippen LogP) is 4.07. The topological polar surface area (TPSA) is 69.7 Å². The number of benzene rings is 2. The number of ether oxygens (including phenoxy) is 2. The molecule has 25 heavy (non-hydrogen) atoms. The molecule has 0 unspecified atom stereocenters. The van der Waals surface area contributed by atoms with Gasteiger partial charge in [-0.15, -0.1) is 0 Å². The van der Waals surface area contributed by atoms with Crippen LogP contribution in [0.15, 0.2) is 48.5 Å². The summed E-state index contributed by atoms with van der Waals surface area (Å²) in [5, 5.41) is 0. The third kappa shape index (κ3) is 5.28. The van der Waals surface area contributed by atoms with Crippen molar-refractivity contribution < 1.29 is 23.9 Å². The van der Waals surface area contributed by atoms with Crippen LogP contribution < -0.4 is 4.74 Å². The highest BCUT2D eigenvalue weighted by molar-refractivity contribution is 5.96. The van der Waals surface area contributed by atoms with Crippen LogP contribution in [0.5, 0.6) is 5.75 Å². The average molecular weight is 340 g/mol. The standard InChI is InChI=1S/C20H20O5/c1-2-3-6-12-24-19(22)15-9-7-10-16(13-15)20(23)25-18-11-5-4-8-17(18)14-21/h4-5,7-11,13-14H,2-3,6,12H2,1H3. The minimum Gasteiger partial charge on any atom is -0.462 e. The van der Waals surface area contributed by atoms with E-state index in [2.05, 4.69) is 6.92 Å². The third-order valence-corrected chi connectivity index (χ3v) is 3.56. The largest absolute Gasteiger partial charge is 0.462 e. The number of rotatable bonds is 8. The van der Waals surface area contributed by atoms with Gasteiger partial charge in [0.05, 0.1) is 23.3 Å². The molecule has 0 bridgehead atoms. The fraction of sp³-hybridized carbons (Fsp3) is 0.250. The van der Waals surface area contributed by atoms with Crippen molar-refractivity contribution in [3.05, 3.63) is 65.2 Å². The van der Waals surface area contributed by atoms with Gasteiger partial charge in [0.1, 0.15) is 5.75 Å². The van der Waals surface area contributed by atoms with E-state index in [1.807, 2.05) is 0 Å². The fourth-order valence-electron chi connectivity index (χ4n) is 2.20. The molecule has 0 saturated carbocycles.